The first-order valence-corrected chi connectivity index (χ1v) is 25.7. The Morgan fingerprint density at radius 2 is 0.778 bits per heavy atom. The average molecular weight is 932 g/mol. The molecule has 0 aliphatic carbocycles. The Morgan fingerprint density at radius 1 is 0.347 bits per heavy atom. The fourth-order valence-corrected chi connectivity index (χ4v) is 11.5. The summed E-state index contributed by atoms with van der Waals surface area (Å²) in [5.41, 5.74) is 20.6. The van der Waals surface area contributed by atoms with E-state index in [0.717, 1.165) is 22.7 Å². The predicted molar refractivity (Wildman–Crippen MR) is 312 cm³/mol. The van der Waals surface area contributed by atoms with E-state index in [-0.39, 0.29) is 23.0 Å². The van der Waals surface area contributed by atoms with Crippen LogP contribution in [-0.4, -0.2) is 6.71 Å². The van der Waals surface area contributed by atoms with Crippen LogP contribution < -0.4 is 31.1 Å². The number of para-hydroxylation sites is 2. The van der Waals surface area contributed by atoms with Crippen molar-refractivity contribution in [2.24, 2.45) is 0 Å². The molecule has 3 nitrogen and oxygen atoms in total. The third kappa shape index (κ3) is 7.50. The highest BCUT2D eigenvalue weighted by atomic mass is 15.2. The number of anilines is 9. The lowest BCUT2D eigenvalue weighted by molar-refractivity contribution is 0.589. The van der Waals surface area contributed by atoms with Gasteiger partial charge in [-0.1, -0.05) is 208 Å². The fourth-order valence-electron chi connectivity index (χ4n) is 11.5. The zero-order valence-corrected chi connectivity index (χ0v) is 43.1. The molecule has 0 fully saturated rings. The Balaban J connectivity index is 1.21. The summed E-state index contributed by atoms with van der Waals surface area (Å²) < 4.78 is 0. The normalized spacial score (nSPS) is 13.3. The highest BCUT2D eigenvalue weighted by Crippen LogP contribution is 2.52. The minimum absolute atomic E-state index is 0.00547. The summed E-state index contributed by atoms with van der Waals surface area (Å²) in [5.74, 6) is 0. The number of benzene rings is 10. The van der Waals surface area contributed by atoms with Gasteiger partial charge < -0.3 is 14.7 Å². The van der Waals surface area contributed by atoms with Crippen molar-refractivity contribution in [3.05, 3.63) is 229 Å². The highest BCUT2D eigenvalue weighted by molar-refractivity contribution is 7.00. The lowest BCUT2D eigenvalue weighted by Crippen LogP contribution is -2.61. The van der Waals surface area contributed by atoms with Crippen molar-refractivity contribution in [3.63, 3.8) is 0 Å². The minimum Gasteiger partial charge on any atom is -0.311 e. The van der Waals surface area contributed by atoms with Gasteiger partial charge in [0.15, 0.2) is 0 Å². The molecule has 2 aliphatic rings. The van der Waals surface area contributed by atoms with E-state index in [0.29, 0.717) is 0 Å². The number of hydrogen-bond acceptors (Lipinski definition) is 3. The van der Waals surface area contributed by atoms with Crippen LogP contribution in [0.15, 0.2) is 212 Å². The van der Waals surface area contributed by atoms with Crippen LogP contribution >= 0.6 is 0 Å². The molecule has 352 valence electrons. The van der Waals surface area contributed by atoms with Crippen LogP contribution in [-0.2, 0) is 16.2 Å². The summed E-state index contributed by atoms with van der Waals surface area (Å²) in [4.78, 5) is 7.67. The maximum Gasteiger partial charge on any atom is 0.252 e. The van der Waals surface area contributed by atoms with Gasteiger partial charge in [-0.15, -0.1) is 0 Å². The second kappa shape index (κ2) is 16.9. The quantitative estimate of drug-likeness (QED) is 0.122. The van der Waals surface area contributed by atoms with E-state index in [4.69, 9.17) is 0 Å². The molecule has 0 atom stereocenters. The van der Waals surface area contributed by atoms with Gasteiger partial charge >= 0.3 is 0 Å². The molecule has 0 saturated heterocycles. The first-order chi connectivity index (χ1) is 34.6. The summed E-state index contributed by atoms with van der Waals surface area (Å²) >= 11 is 0. The standard InChI is InChI=1S/C68H62BN3/c1-66(2,3)46-33-36-51(37-34-46)71-60-44-52(70(49-25-15-11-16-26-49)50-27-17-12-18-28-50)38-40-58(60)69-57-39-35-47(67(4,5)6)41-59(57)72(62-43-48(68(7,8)9)42-61(71)64(62)69)65-55-31-21-19-29-53(55)63(45-23-13-10-14-24-45)54-30-20-22-32-56(54)65/h10-44H,1-9H3. The molecule has 72 heavy (non-hydrogen) atoms. The van der Waals surface area contributed by atoms with Gasteiger partial charge in [-0.3, -0.25) is 0 Å². The topological polar surface area (TPSA) is 9.72 Å². The predicted octanol–water partition coefficient (Wildman–Crippen LogP) is 17.1. The first kappa shape index (κ1) is 45.3. The van der Waals surface area contributed by atoms with Crippen molar-refractivity contribution in [3.8, 4) is 11.1 Å². The van der Waals surface area contributed by atoms with Gasteiger partial charge in [0, 0.05) is 56.3 Å². The lowest BCUT2D eigenvalue weighted by Gasteiger charge is -2.46. The van der Waals surface area contributed by atoms with E-state index in [9.17, 15) is 0 Å². The van der Waals surface area contributed by atoms with Gasteiger partial charge in [0.1, 0.15) is 0 Å². The Kier molecular flexibility index (Phi) is 10.7. The summed E-state index contributed by atoms with van der Waals surface area (Å²) in [6.45, 7) is 21.0. The molecule has 0 amide bonds. The molecule has 4 heteroatoms. The molecule has 2 aliphatic heterocycles. The molecular weight excluding hydrogens is 870 g/mol. The summed E-state index contributed by atoms with van der Waals surface area (Å²) in [7, 11) is 0. The molecule has 10 aromatic rings. The van der Waals surface area contributed by atoms with Crippen molar-refractivity contribution in [1.29, 1.82) is 0 Å². The van der Waals surface area contributed by atoms with Crippen LogP contribution in [0.4, 0.5) is 51.2 Å². The van der Waals surface area contributed by atoms with Crippen molar-refractivity contribution in [1.82, 2.24) is 0 Å². The number of nitrogens with zero attached hydrogens (tertiary/aromatic N) is 3. The van der Waals surface area contributed by atoms with E-state index < -0.39 is 0 Å². The largest absolute Gasteiger partial charge is 0.311 e. The molecule has 0 spiro atoms. The van der Waals surface area contributed by atoms with Gasteiger partial charge in [-0.05, 0) is 138 Å². The van der Waals surface area contributed by atoms with Crippen LogP contribution in [0.5, 0.6) is 0 Å². The van der Waals surface area contributed by atoms with Gasteiger partial charge in [-0.25, -0.2) is 0 Å². The third-order valence-electron chi connectivity index (χ3n) is 15.3. The smallest absolute Gasteiger partial charge is 0.252 e. The molecule has 0 bridgehead atoms. The summed E-state index contributed by atoms with van der Waals surface area (Å²) in [6.07, 6.45) is 0. The third-order valence-corrected chi connectivity index (χ3v) is 15.3. The van der Waals surface area contributed by atoms with Crippen molar-refractivity contribution in [2.45, 2.75) is 78.6 Å². The monoisotopic (exact) mass is 932 g/mol. The second-order valence-electron chi connectivity index (χ2n) is 23.0. The Labute approximate surface area is 427 Å². The summed E-state index contributed by atoms with van der Waals surface area (Å²) in [6, 6.07) is 79.9. The molecule has 0 radical (unpaired) electrons. The van der Waals surface area contributed by atoms with Crippen LogP contribution in [0, 0.1) is 0 Å². The van der Waals surface area contributed by atoms with Crippen LogP contribution in [0.2, 0.25) is 0 Å². The number of rotatable bonds is 6. The van der Waals surface area contributed by atoms with Crippen LogP contribution in [0.25, 0.3) is 32.7 Å². The fraction of sp³-hybridized carbons (Fsp3) is 0.176. The maximum atomic E-state index is 2.68. The van der Waals surface area contributed by atoms with Gasteiger partial charge in [-0.2, -0.15) is 0 Å². The average Bonchev–Trinajstić information content (AvgIpc) is 3.38. The number of hydrogen-bond donors (Lipinski definition) is 0. The molecule has 2 heterocycles. The first-order valence-electron chi connectivity index (χ1n) is 25.7. The van der Waals surface area contributed by atoms with Gasteiger partial charge in [0.25, 0.3) is 6.71 Å². The number of fused-ring (bicyclic) bond motifs is 6. The van der Waals surface area contributed by atoms with E-state index >= 15 is 0 Å². The van der Waals surface area contributed by atoms with E-state index in [1.54, 1.807) is 0 Å². The van der Waals surface area contributed by atoms with Crippen molar-refractivity contribution < 1.29 is 0 Å². The minimum atomic E-state index is -0.178. The zero-order chi connectivity index (χ0) is 49.7. The van der Waals surface area contributed by atoms with Crippen LogP contribution in [0.3, 0.4) is 0 Å². The molecule has 0 saturated carbocycles. The SMILES string of the molecule is CC(C)(C)c1ccc(N2c3cc(N(c4ccccc4)c4ccccc4)ccc3B3c4ccc(C(C)(C)C)cc4N(c4c5ccccc5c(-c5ccccc5)c5ccccc45)c4cc(C(C)(C)C)cc2c43)cc1. The highest BCUT2D eigenvalue weighted by Gasteiger charge is 2.45. The second-order valence-corrected chi connectivity index (χ2v) is 23.0. The Morgan fingerprint density at radius 3 is 1.31 bits per heavy atom. The van der Waals surface area contributed by atoms with Gasteiger partial charge in [0.2, 0.25) is 0 Å². The molecule has 0 N–H and O–H groups in total. The molecule has 0 aromatic heterocycles. The van der Waals surface area contributed by atoms with E-state index in [2.05, 4.69) is 289 Å². The van der Waals surface area contributed by atoms with Crippen LogP contribution in [0.1, 0.15) is 79.0 Å². The van der Waals surface area contributed by atoms with Gasteiger partial charge in [0.05, 0.1) is 5.69 Å². The zero-order valence-electron chi connectivity index (χ0n) is 43.1. The molecule has 0 unspecified atom stereocenters. The molecule has 12 rings (SSSR count). The Hall–Kier alpha value is -7.82. The van der Waals surface area contributed by atoms with E-state index in [1.165, 1.54) is 94.2 Å². The van der Waals surface area contributed by atoms with Crippen molar-refractivity contribution >= 4 is 95.8 Å². The maximum absolute atomic E-state index is 2.68. The lowest BCUT2D eigenvalue weighted by atomic mass is 9.33. The Bertz CT molecular complexity index is 3590. The van der Waals surface area contributed by atoms with E-state index in [1.807, 2.05) is 0 Å². The molecule has 10 aromatic carbocycles. The van der Waals surface area contributed by atoms with Crippen molar-refractivity contribution in [2.75, 3.05) is 14.7 Å². The molecular formula is C68H62BN3. The summed E-state index contributed by atoms with van der Waals surface area (Å²) in [5, 5.41) is 4.95.